The number of benzene rings is 1. The molecule has 1 aromatic heterocycles. The van der Waals surface area contributed by atoms with Crippen molar-refractivity contribution in [3.05, 3.63) is 48.3 Å². The average Bonchev–Trinajstić information content (AvgIpc) is 3.15. The summed E-state index contributed by atoms with van der Waals surface area (Å²) in [6.07, 6.45) is 5.22. The van der Waals surface area contributed by atoms with Gasteiger partial charge in [0.15, 0.2) is 0 Å². The zero-order valence-electron chi connectivity index (χ0n) is 12.1. The van der Waals surface area contributed by atoms with E-state index in [1.54, 1.807) is 10.9 Å². The Kier molecular flexibility index (Phi) is 3.52. The average molecular weight is 281 g/mol. The molecule has 3 unspecified atom stereocenters. The molecule has 1 fully saturated rings. The van der Waals surface area contributed by atoms with Crippen LogP contribution < -0.4 is 0 Å². The first-order valence-electron chi connectivity index (χ1n) is 7.34. The number of hydrogen-bond donors (Lipinski definition) is 1. The maximum Gasteiger partial charge on any atom is 0.101 e. The van der Waals surface area contributed by atoms with Crippen molar-refractivity contribution in [1.29, 1.82) is 5.26 Å². The molecule has 1 N–H and O–H groups in total. The van der Waals surface area contributed by atoms with Crippen LogP contribution in [0.25, 0.3) is 5.69 Å². The van der Waals surface area contributed by atoms with E-state index in [0.29, 0.717) is 5.92 Å². The van der Waals surface area contributed by atoms with E-state index in [9.17, 15) is 10.4 Å². The van der Waals surface area contributed by atoms with Crippen molar-refractivity contribution < 1.29 is 5.11 Å². The van der Waals surface area contributed by atoms with Gasteiger partial charge in [-0.3, -0.25) is 0 Å². The molecule has 0 amide bonds. The normalized spacial score (nSPS) is 26.4. The lowest BCUT2D eigenvalue weighted by molar-refractivity contribution is 0.0647. The minimum Gasteiger partial charge on any atom is -0.387 e. The van der Waals surface area contributed by atoms with Gasteiger partial charge in [-0.15, -0.1) is 0 Å². The molecule has 3 rings (SSSR count). The number of rotatable bonds is 3. The molecular formula is C17H19N3O. The van der Waals surface area contributed by atoms with Crippen LogP contribution in [0.5, 0.6) is 0 Å². The molecule has 108 valence electrons. The molecule has 0 saturated heterocycles. The lowest BCUT2D eigenvalue weighted by Gasteiger charge is -2.26. The van der Waals surface area contributed by atoms with E-state index in [2.05, 4.69) is 18.1 Å². The molecule has 0 spiro atoms. The molecule has 2 aromatic rings. The minimum atomic E-state index is -0.773. The van der Waals surface area contributed by atoms with Gasteiger partial charge in [-0.05, 0) is 37.3 Å². The second kappa shape index (κ2) is 5.34. The molecular weight excluding hydrogens is 262 g/mol. The van der Waals surface area contributed by atoms with Gasteiger partial charge in [0.2, 0.25) is 0 Å². The standard InChI is InChI=1S/C17H19N3O/c1-13-7-8-17(9-13,12-18)16(21)14-10-19-20(11-14)15-5-3-2-4-6-15/h2-6,10-11,13,16,21H,7-9H2,1H3. The van der Waals surface area contributed by atoms with Crippen LogP contribution in [0.2, 0.25) is 0 Å². The van der Waals surface area contributed by atoms with E-state index < -0.39 is 11.5 Å². The molecule has 0 aliphatic heterocycles. The Labute approximate surface area is 124 Å². The first kappa shape index (κ1) is 13.8. The Morgan fingerprint density at radius 2 is 2.19 bits per heavy atom. The molecule has 0 bridgehead atoms. The highest BCUT2D eigenvalue weighted by Gasteiger charge is 2.44. The Morgan fingerprint density at radius 1 is 1.43 bits per heavy atom. The van der Waals surface area contributed by atoms with Crippen LogP contribution in [-0.2, 0) is 0 Å². The molecule has 3 atom stereocenters. The van der Waals surface area contributed by atoms with Gasteiger partial charge >= 0.3 is 0 Å². The summed E-state index contributed by atoms with van der Waals surface area (Å²) in [6.45, 7) is 2.14. The third kappa shape index (κ3) is 2.45. The highest BCUT2D eigenvalue weighted by Crippen LogP contribution is 2.49. The SMILES string of the molecule is CC1CCC(C#N)(C(O)c2cnn(-c3ccccc3)c2)C1. The zero-order chi connectivity index (χ0) is 14.9. The first-order valence-corrected chi connectivity index (χ1v) is 7.34. The first-order chi connectivity index (χ1) is 10.1. The number of aliphatic hydroxyl groups is 1. The van der Waals surface area contributed by atoms with Crippen LogP contribution in [-0.4, -0.2) is 14.9 Å². The summed E-state index contributed by atoms with van der Waals surface area (Å²) in [4.78, 5) is 0. The van der Waals surface area contributed by atoms with E-state index in [1.165, 1.54) is 0 Å². The van der Waals surface area contributed by atoms with E-state index in [0.717, 1.165) is 30.5 Å². The second-order valence-corrected chi connectivity index (χ2v) is 6.07. The maximum absolute atomic E-state index is 10.7. The Morgan fingerprint density at radius 3 is 2.81 bits per heavy atom. The number of hydrogen-bond acceptors (Lipinski definition) is 3. The van der Waals surface area contributed by atoms with Crippen molar-refractivity contribution in [1.82, 2.24) is 9.78 Å². The molecule has 1 aromatic carbocycles. The maximum atomic E-state index is 10.7. The molecule has 1 aliphatic rings. The highest BCUT2D eigenvalue weighted by molar-refractivity contribution is 5.32. The number of nitriles is 1. The van der Waals surface area contributed by atoms with Crippen molar-refractivity contribution in [2.75, 3.05) is 0 Å². The van der Waals surface area contributed by atoms with Gasteiger partial charge in [0, 0.05) is 11.8 Å². The number of aliphatic hydroxyl groups excluding tert-OH is 1. The van der Waals surface area contributed by atoms with E-state index >= 15 is 0 Å². The van der Waals surface area contributed by atoms with Gasteiger partial charge in [0.1, 0.15) is 6.10 Å². The van der Waals surface area contributed by atoms with Crippen molar-refractivity contribution in [3.8, 4) is 11.8 Å². The van der Waals surface area contributed by atoms with E-state index in [-0.39, 0.29) is 0 Å². The summed E-state index contributed by atoms with van der Waals surface area (Å²) < 4.78 is 1.74. The van der Waals surface area contributed by atoms with Gasteiger partial charge < -0.3 is 5.11 Å². The van der Waals surface area contributed by atoms with Gasteiger partial charge in [-0.25, -0.2) is 4.68 Å². The summed E-state index contributed by atoms with van der Waals surface area (Å²) in [6, 6.07) is 12.1. The monoisotopic (exact) mass is 281 g/mol. The largest absolute Gasteiger partial charge is 0.387 e. The molecule has 1 saturated carbocycles. The van der Waals surface area contributed by atoms with Crippen LogP contribution >= 0.6 is 0 Å². The topological polar surface area (TPSA) is 61.8 Å². The fraction of sp³-hybridized carbons (Fsp3) is 0.412. The van der Waals surface area contributed by atoms with Crippen molar-refractivity contribution in [3.63, 3.8) is 0 Å². The van der Waals surface area contributed by atoms with Gasteiger partial charge in [0.05, 0.1) is 23.4 Å². The number of nitrogens with zero attached hydrogens (tertiary/aromatic N) is 3. The van der Waals surface area contributed by atoms with E-state index in [4.69, 9.17) is 0 Å². The quantitative estimate of drug-likeness (QED) is 0.939. The van der Waals surface area contributed by atoms with Gasteiger partial charge in [-0.1, -0.05) is 25.1 Å². The molecule has 1 aliphatic carbocycles. The molecule has 1 heterocycles. The van der Waals surface area contributed by atoms with Crippen molar-refractivity contribution in [2.24, 2.45) is 11.3 Å². The zero-order valence-corrected chi connectivity index (χ0v) is 12.1. The van der Waals surface area contributed by atoms with Gasteiger partial charge in [0.25, 0.3) is 0 Å². The predicted molar refractivity (Wildman–Crippen MR) is 79.6 cm³/mol. The summed E-state index contributed by atoms with van der Waals surface area (Å²) in [5, 5.41) is 24.5. The van der Waals surface area contributed by atoms with Crippen LogP contribution in [0.15, 0.2) is 42.7 Å². The Bertz CT molecular complexity index is 658. The molecule has 21 heavy (non-hydrogen) atoms. The van der Waals surface area contributed by atoms with Gasteiger partial charge in [-0.2, -0.15) is 10.4 Å². The summed E-state index contributed by atoms with van der Waals surface area (Å²) in [5.41, 5.74) is 1.00. The highest BCUT2D eigenvalue weighted by atomic mass is 16.3. The fourth-order valence-corrected chi connectivity index (χ4v) is 3.26. The third-order valence-electron chi connectivity index (χ3n) is 4.48. The lowest BCUT2D eigenvalue weighted by Crippen LogP contribution is -2.24. The van der Waals surface area contributed by atoms with Crippen LogP contribution in [0, 0.1) is 22.7 Å². The molecule has 0 radical (unpaired) electrons. The Hall–Kier alpha value is -2.12. The van der Waals surface area contributed by atoms with Crippen molar-refractivity contribution in [2.45, 2.75) is 32.3 Å². The van der Waals surface area contributed by atoms with Crippen LogP contribution in [0.3, 0.4) is 0 Å². The lowest BCUT2D eigenvalue weighted by atomic mass is 9.79. The summed E-state index contributed by atoms with van der Waals surface area (Å²) >= 11 is 0. The minimum absolute atomic E-state index is 0.489. The predicted octanol–water partition coefficient (Wildman–Crippen LogP) is 3.24. The summed E-state index contributed by atoms with van der Waals surface area (Å²) in [5.74, 6) is 0.489. The molecule has 4 nitrogen and oxygen atoms in total. The number of aromatic nitrogens is 2. The van der Waals surface area contributed by atoms with Crippen LogP contribution in [0.4, 0.5) is 0 Å². The van der Waals surface area contributed by atoms with Crippen LogP contribution in [0.1, 0.15) is 37.9 Å². The fourth-order valence-electron chi connectivity index (χ4n) is 3.26. The summed E-state index contributed by atoms with van der Waals surface area (Å²) in [7, 11) is 0. The third-order valence-corrected chi connectivity index (χ3v) is 4.48. The molecule has 4 heteroatoms. The van der Waals surface area contributed by atoms with E-state index in [1.807, 2.05) is 36.5 Å². The second-order valence-electron chi connectivity index (χ2n) is 6.07. The van der Waals surface area contributed by atoms with Crippen molar-refractivity contribution >= 4 is 0 Å². The smallest absolute Gasteiger partial charge is 0.101 e. The Balaban J connectivity index is 1.88. The number of para-hydroxylation sites is 1.